The van der Waals surface area contributed by atoms with E-state index in [2.05, 4.69) is 31.0 Å². The number of rotatable bonds is 3. The zero-order chi connectivity index (χ0) is 11.6. The second-order valence-electron chi connectivity index (χ2n) is 5.85. The molecule has 1 N–H and O–H groups in total. The minimum Gasteiger partial charge on any atom is -0.380 e. The van der Waals surface area contributed by atoms with Crippen LogP contribution < -0.4 is 5.32 Å². The maximum absolute atomic E-state index is 5.54. The molecule has 0 bridgehead atoms. The molecule has 0 spiro atoms. The van der Waals surface area contributed by atoms with Gasteiger partial charge in [-0.25, -0.2) is 0 Å². The van der Waals surface area contributed by atoms with Crippen LogP contribution in [0.1, 0.15) is 40.0 Å². The molecular weight excluding hydrogens is 200 g/mol. The fourth-order valence-corrected chi connectivity index (χ4v) is 3.00. The van der Waals surface area contributed by atoms with E-state index in [1.165, 1.54) is 25.8 Å². The smallest absolute Gasteiger partial charge is 0.0622 e. The standard InChI is InChI=1S/C13H26N2O/c1-4-5-11-8-15(12-6-7-16-9-12)13(2,3)10-14-11/h11-12,14H,4-10H2,1-3H3. The van der Waals surface area contributed by atoms with Gasteiger partial charge in [0.25, 0.3) is 0 Å². The zero-order valence-corrected chi connectivity index (χ0v) is 11.0. The molecule has 2 unspecified atom stereocenters. The number of hydrogen-bond donors (Lipinski definition) is 1. The van der Waals surface area contributed by atoms with Gasteiger partial charge in [0.15, 0.2) is 0 Å². The molecule has 94 valence electrons. The van der Waals surface area contributed by atoms with Gasteiger partial charge in [0, 0.05) is 37.3 Å². The van der Waals surface area contributed by atoms with Crippen LogP contribution in [-0.4, -0.2) is 48.8 Å². The number of ether oxygens (including phenoxy) is 1. The van der Waals surface area contributed by atoms with Crippen molar-refractivity contribution < 1.29 is 4.74 Å². The van der Waals surface area contributed by atoms with Crippen LogP contribution in [-0.2, 0) is 4.74 Å². The van der Waals surface area contributed by atoms with Gasteiger partial charge in [0.1, 0.15) is 0 Å². The Balaban J connectivity index is 1.99. The fraction of sp³-hybridized carbons (Fsp3) is 1.00. The summed E-state index contributed by atoms with van der Waals surface area (Å²) in [6.45, 7) is 11.1. The Morgan fingerprint density at radius 2 is 2.25 bits per heavy atom. The summed E-state index contributed by atoms with van der Waals surface area (Å²) < 4.78 is 5.54. The molecule has 2 aliphatic heterocycles. The first-order valence-corrected chi connectivity index (χ1v) is 6.71. The Morgan fingerprint density at radius 1 is 1.44 bits per heavy atom. The quantitative estimate of drug-likeness (QED) is 0.791. The third-order valence-electron chi connectivity index (χ3n) is 4.00. The van der Waals surface area contributed by atoms with Crippen molar-refractivity contribution in [3.8, 4) is 0 Å². The largest absolute Gasteiger partial charge is 0.380 e. The maximum Gasteiger partial charge on any atom is 0.0622 e. The van der Waals surface area contributed by atoms with E-state index in [9.17, 15) is 0 Å². The molecule has 0 radical (unpaired) electrons. The third kappa shape index (κ3) is 2.58. The molecule has 0 saturated carbocycles. The van der Waals surface area contributed by atoms with Gasteiger partial charge in [-0.3, -0.25) is 4.90 Å². The lowest BCUT2D eigenvalue weighted by atomic mass is 9.93. The van der Waals surface area contributed by atoms with Crippen molar-refractivity contribution in [3.05, 3.63) is 0 Å². The minimum absolute atomic E-state index is 0.280. The van der Waals surface area contributed by atoms with Crippen molar-refractivity contribution >= 4 is 0 Å². The predicted octanol–water partition coefficient (Wildman–Crippen LogP) is 1.63. The highest BCUT2D eigenvalue weighted by Crippen LogP contribution is 2.26. The molecule has 0 aromatic rings. The lowest BCUT2D eigenvalue weighted by molar-refractivity contribution is 0.0184. The first-order valence-electron chi connectivity index (χ1n) is 6.71. The van der Waals surface area contributed by atoms with Gasteiger partial charge in [-0.1, -0.05) is 13.3 Å². The second kappa shape index (κ2) is 5.03. The van der Waals surface area contributed by atoms with Gasteiger partial charge in [-0.2, -0.15) is 0 Å². The van der Waals surface area contributed by atoms with Crippen LogP contribution in [0.2, 0.25) is 0 Å². The van der Waals surface area contributed by atoms with E-state index >= 15 is 0 Å². The van der Waals surface area contributed by atoms with Crippen molar-refractivity contribution in [1.82, 2.24) is 10.2 Å². The van der Waals surface area contributed by atoms with Gasteiger partial charge < -0.3 is 10.1 Å². The highest BCUT2D eigenvalue weighted by atomic mass is 16.5. The molecule has 0 aromatic carbocycles. The van der Waals surface area contributed by atoms with E-state index in [0.29, 0.717) is 12.1 Å². The summed E-state index contributed by atoms with van der Waals surface area (Å²) >= 11 is 0. The van der Waals surface area contributed by atoms with Crippen LogP contribution in [0.5, 0.6) is 0 Å². The van der Waals surface area contributed by atoms with Crippen molar-refractivity contribution in [1.29, 1.82) is 0 Å². The Morgan fingerprint density at radius 3 is 2.88 bits per heavy atom. The Kier molecular flexibility index (Phi) is 3.88. The zero-order valence-electron chi connectivity index (χ0n) is 11.0. The van der Waals surface area contributed by atoms with Gasteiger partial charge >= 0.3 is 0 Å². The molecule has 3 heteroatoms. The molecule has 2 saturated heterocycles. The van der Waals surface area contributed by atoms with Crippen molar-refractivity contribution in [3.63, 3.8) is 0 Å². The summed E-state index contributed by atoms with van der Waals surface area (Å²) in [4.78, 5) is 2.68. The highest BCUT2D eigenvalue weighted by molar-refractivity contribution is 4.96. The number of hydrogen-bond acceptors (Lipinski definition) is 3. The van der Waals surface area contributed by atoms with Gasteiger partial charge in [0.05, 0.1) is 6.61 Å². The Bertz CT molecular complexity index is 224. The molecule has 16 heavy (non-hydrogen) atoms. The van der Waals surface area contributed by atoms with Crippen LogP contribution in [0.25, 0.3) is 0 Å². The topological polar surface area (TPSA) is 24.5 Å². The molecule has 2 fully saturated rings. The van der Waals surface area contributed by atoms with Gasteiger partial charge in [-0.15, -0.1) is 0 Å². The average molecular weight is 226 g/mol. The van der Waals surface area contributed by atoms with E-state index in [-0.39, 0.29) is 5.54 Å². The molecule has 2 heterocycles. The molecule has 2 rings (SSSR count). The molecular formula is C13H26N2O. The lowest BCUT2D eigenvalue weighted by Gasteiger charge is -2.49. The molecule has 3 nitrogen and oxygen atoms in total. The monoisotopic (exact) mass is 226 g/mol. The van der Waals surface area contributed by atoms with Crippen LogP contribution in [0.15, 0.2) is 0 Å². The summed E-state index contributed by atoms with van der Waals surface area (Å²) in [5, 5.41) is 3.68. The van der Waals surface area contributed by atoms with Crippen molar-refractivity contribution in [2.45, 2.75) is 57.7 Å². The third-order valence-corrected chi connectivity index (χ3v) is 4.00. The second-order valence-corrected chi connectivity index (χ2v) is 5.85. The van der Waals surface area contributed by atoms with Gasteiger partial charge in [0.2, 0.25) is 0 Å². The van der Waals surface area contributed by atoms with Gasteiger partial charge in [-0.05, 0) is 26.7 Å². The summed E-state index contributed by atoms with van der Waals surface area (Å²) in [5.41, 5.74) is 0.280. The van der Waals surface area contributed by atoms with E-state index < -0.39 is 0 Å². The fourth-order valence-electron chi connectivity index (χ4n) is 3.00. The average Bonchev–Trinajstić information content (AvgIpc) is 2.74. The SMILES string of the molecule is CCCC1CN(C2CCOC2)C(C)(C)CN1. The summed E-state index contributed by atoms with van der Waals surface area (Å²) in [5.74, 6) is 0. The lowest BCUT2D eigenvalue weighted by Crippen LogP contribution is -2.64. The first kappa shape index (κ1) is 12.3. The predicted molar refractivity (Wildman–Crippen MR) is 66.7 cm³/mol. The molecule has 0 aromatic heterocycles. The number of piperazine rings is 1. The van der Waals surface area contributed by atoms with Crippen LogP contribution in [0.4, 0.5) is 0 Å². The Labute approximate surface area is 99.5 Å². The van der Waals surface area contributed by atoms with Crippen LogP contribution in [0.3, 0.4) is 0 Å². The first-order chi connectivity index (χ1) is 7.63. The molecule has 2 atom stereocenters. The van der Waals surface area contributed by atoms with E-state index in [1.54, 1.807) is 0 Å². The van der Waals surface area contributed by atoms with Crippen LogP contribution in [0, 0.1) is 0 Å². The molecule has 2 aliphatic rings. The summed E-state index contributed by atoms with van der Waals surface area (Å²) in [6.07, 6.45) is 3.77. The van der Waals surface area contributed by atoms with Crippen LogP contribution >= 0.6 is 0 Å². The number of nitrogens with zero attached hydrogens (tertiary/aromatic N) is 1. The van der Waals surface area contributed by atoms with E-state index in [4.69, 9.17) is 4.74 Å². The van der Waals surface area contributed by atoms with Crippen molar-refractivity contribution in [2.24, 2.45) is 0 Å². The van der Waals surface area contributed by atoms with E-state index in [0.717, 1.165) is 19.8 Å². The summed E-state index contributed by atoms with van der Waals surface area (Å²) in [6, 6.07) is 1.33. The molecule has 0 aliphatic carbocycles. The maximum atomic E-state index is 5.54. The van der Waals surface area contributed by atoms with Crippen molar-refractivity contribution in [2.75, 3.05) is 26.3 Å². The minimum atomic E-state index is 0.280. The Hall–Kier alpha value is -0.120. The van der Waals surface area contributed by atoms with E-state index in [1.807, 2.05) is 0 Å². The summed E-state index contributed by atoms with van der Waals surface area (Å²) in [7, 11) is 0. The number of nitrogens with one attached hydrogen (secondary N) is 1. The highest BCUT2D eigenvalue weighted by Gasteiger charge is 2.38. The molecule has 0 amide bonds. The normalized spacial score (nSPS) is 35.4.